The number of para-hydroxylation sites is 1. The maximum absolute atomic E-state index is 11.9. The number of carbonyl (C=O) groups is 3. The molecule has 0 aromatic heterocycles. The zero-order valence-corrected chi connectivity index (χ0v) is 14.9. The quantitative estimate of drug-likeness (QED) is 0.739. The molecule has 0 saturated heterocycles. The molecule has 26 heavy (non-hydrogen) atoms. The highest BCUT2D eigenvalue weighted by Crippen LogP contribution is 2.16. The van der Waals surface area contributed by atoms with Crippen LogP contribution in [0.15, 0.2) is 54.6 Å². The fourth-order valence-corrected chi connectivity index (χ4v) is 2.38. The largest absolute Gasteiger partial charge is 0.484 e. The van der Waals surface area contributed by atoms with Gasteiger partial charge in [-0.3, -0.25) is 14.4 Å². The lowest BCUT2D eigenvalue weighted by atomic mass is 10.1. The maximum Gasteiger partial charge on any atom is 0.258 e. The van der Waals surface area contributed by atoms with Crippen LogP contribution < -0.4 is 15.0 Å². The van der Waals surface area contributed by atoms with Gasteiger partial charge in [0.1, 0.15) is 5.75 Å². The first kappa shape index (κ1) is 19.2. The number of carbonyl (C=O) groups excluding carboxylic acids is 3. The Labute approximate surface area is 152 Å². The average molecular weight is 354 g/mol. The highest BCUT2D eigenvalue weighted by molar-refractivity contribution is 5.97. The summed E-state index contributed by atoms with van der Waals surface area (Å²) in [5, 5.41) is 2.72. The number of Topliss-reactive ketones (excluding diaryl/α,β-unsaturated/α-hetero) is 1. The van der Waals surface area contributed by atoms with E-state index in [2.05, 4.69) is 5.32 Å². The molecule has 0 bridgehead atoms. The second kappa shape index (κ2) is 9.36. The van der Waals surface area contributed by atoms with Crippen LogP contribution in [-0.4, -0.2) is 37.3 Å². The zero-order valence-electron chi connectivity index (χ0n) is 14.9. The number of ether oxygens (including phenoxy) is 1. The summed E-state index contributed by atoms with van der Waals surface area (Å²) >= 11 is 0. The van der Waals surface area contributed by atoms with Gasteiger partial charge in [-0.05, 0) is 31.2 Å². The van der Waals surface area contributed by atoms with Crippen LogP contribution >= 0.6 is 0 Å². The second-order valence-electron chi connectivity index (χ2n) is 5.73. The third-order valence-electron chi connectivity index (χ3n) is 3.72. The molecule has 0 fully saturated rings. The number of anilines is 1. The van der Waals surface area contributed by atoms with E-state index in [0.717, 1.165) is 0 Å². The minimum Gasteiger partial charge on any atom is -0.484 e. The molecule has 6 nitrogen and oxygen atoms in total. The zero-order chi connectivity index (χ0) is 18.9. The Morgan fingerprint density at radius 2 is 1.73 bits per heavy atom. The molecule has 0 aliphatic heterocycles. The lowest BCUT2D eigenvalue weighted by molar-refractivity contribution is -0.123. The summed E-state index contributed by atoms with van der Waals surface area (Å²) in [5.41, 5.74) is 1.16. The van der Waals surface area contributed by atoms with Crippen LogP contribution in [-0.2, 0) is 9.59 Å². The van der Waals surface area contributed by atoms with Crippen LogP contribution in [0.2, 0.25) is 0 Å². The lowest BCUT2D eigenvalue weighted by Crippen LogP contribution is -2.39. The van der Waals surface area contributed by atoms with Gasteiger partial charge in [-0.2, -0.15) is 0 Å². The fraction of sp³-hybridized carbons (Fsp3) is 0.250. The van der Waals surface area contributed by atoms with E-state index in [1.165, 1.54) is 18.7 Å². The van der Waals surface area contributed by atoms with E-state index in [1.807, 2.05) is 18.2 Å². The summed E-state index contributed by atoms with van der Waals surface area (Å²) in [6.45, 7) is 3.41. The fourth-order valence-electron chi connectivity index (χ4n) is 2.38. The Morgan fingerprint density at radius 3 is 2.38 bits per heavy atom. The number of hydrogen-bond donors (Lipinski definition) is 1. The SMILES string of the molecule is CC(=O)c1cccc(N(CCNC(=O)COc2ccccc2)C(C)=O)c1. The van der Waals surface area contributed by atoms with Crippen molar-refractivity contribution >= 4 is 23.3 Å². The second-order valence-corrected chi connectivity index (χ2v) is 5.73. The number of nitrogens with one attached hydrogen (secondary N) is 1. The predicted octanol–water partition coefficient (Wildman–Crippen LogP) is 2.44. The van der Waals surface area contributed by atoms with Crippen LogP contribution in [0.4, 0.5) is 5.69 Å². The highest BCUT2D eigenvalue weighted by Gasteiger charge is 2.13. The van der Waals surface area contributed by atoms with E-state index in [0.29, 0.717) is 23.5 Å². The van der Waals surface area contributed by atoms with Crippen molar-refractivity contribution < 1.29 is 19.1 Å². The molecular weight excluding hydrogens is 332 g/mol. The summed E-state index contributed by atoms with van der Waals surface area (Å²) in [6, 6.07) is 15.9. The molecule has 136 valence electrons. The van der Waals surface area contributed by atoms with Gasteiger partial charge in [0.05, 0.1) is 0 Å². The van der Waals surface area contributed by atoms with Crippen LogP contribution in [0.5, 0.6) is 5.75 Å². The summed E-state index contributed by atoms with van der Waals surface area (Å²) in [4.78, 5) is 36.8. The smallest absolute Gasteiger partial charge is 0.258 e. The predicted molar refractivity (Wildman–Crippen MR) is 99.4 cm³/mol. The molecule has 2 amide bonds. The molecule has 0 saturated carbocycles. The molecule has 0 unspecified atom stereocenters. The van der Waals surface area contributed by atoms with E-state index < -0.39 is 0 Å². The molecule has 0 atom stereocenters. The number of rotatable bonds is 8. The van der Waals surface area contributed by atoms with Gasteiger partial charge in [-0.15, -0.1) is 0 Å². The molecule has 2 aromatic carbocycles. The number of hydrogen-bond acceptors (Lipinski definition) is 4. The first-order valence-electron chi connectivity index (χ1n) is 8.31. The van der Waals surface area contributed by atoms with Crippen LogP contribution in [0, 0.1) is 0 Å². The molecule has 0 radical (unpaired) electrons. The molecule has 0 aliphatic rings. The first-order chi connectivity index (χ1) is 12.5. The highest BCUT2D eigenvalue weighted by atomic mass is 16.5. The number of benzene rings is 2. The molecule has 2 rings (SSSR count). The standard InChI is InChI=1S/C20H22N2O4/c1-15(23)17-7-6-8-18(13-17)22(16(2)24)12-11-21-20(25)14-26-19-9-4-3-5-10-19/h3-10,13H,11-12,14H2,1-2H3,(H,21,25). The van der Waals surface area contributed by atoms with E-state index in [9.17, 15) is 14.4 Å². The van der Waals surface area contributed by atoms with E-state index in [1.54, 1.807) is 36.4 Å². The van der Waals surface area contributed by atoms with Gasteiger partial charge in [0, 0.05) is 31.3 Å². The van der Waals surface area contributed by atoms with Gasteiger partial charge in [0.2, 0.25) is 5.91 Å². The number of amides is 2. The Morgan fingerprint density at radius 1 is 1.00 bits per heavy atom. The monoisotopic (exact) mass is 354 g/mol. The number of nitrogens with zero attached hydrogens (tertiary/aromatic N) is 1. The third-order valence-corrected chi connectivity index (χ3v) is 3.72. The van der Waals surface area contributed by atoms with Crippen molar-refractivity contribution in [3.8, 4) is 5.75 Å². The molecule has 1 N–H and O–H groups in total. The van der Waals surface area contributed by atoms with Crippen molar-refractivity contribution in [1.29, 1.82) is 0 Å². The van der Waals surface area contributed by atoms with Gasteiger partial charge >= 0.3 is 0 Å². The molecule has 2 aromatic rings. The van der Waals surface area contributed by atoms with Crippen molar-refractivity contribution in [2.75, 3.05) is 24.6 Å². The first-order valence-corrected chi connectivity index (χ1v) is 8.31. The number of ketones is 1. The average Bonchev–Trinajstić information content (AvgIpc) is 2.64. The summed E-state index contributed by atoms with van der Waals surface area (Å²) in [7, 11) is 0. The van der Waals surface area contributed by atoms with Crippen molar-refractivity contribution in [3.63, 3.8) is 0 Å². The Balaban J connectivity index is 1.87. The van der Waals surface area contributed by atoms with Crippen LogP contribution in [0.1, 0.15) is 24.2 Å². The summed E-state index contributed by atoms with van der Waals surface area (Å²) in [6.07, 6.45) is 0. The van der Waals surface area contributed by atoms with Gasteiger partial charge in [0.25, 0.3) is 5.91 Å². The molecule has 6 heteroatoms. The van der Waals surface area contributed by atoms with Crippen LogP contribution in [0.25, 0.3) is 0 Å². The minimum absolute atomic E-state index is 0.0679. The van der Waals surface area contributed by atoms with E-state index in [-0.39, 0.29) is 30.7 Å². The van der Waals surface area contributed by atoms with Crippen molar-refractivity contribution in [3.05, 3.63) is 60.2 Å². The van der Waals surface area contributed by atoms with Gasteiger partial charge in [0.15, 0.2) is 12.4 Å². The molecular formula is C20H22N2O4. The van der Waals surface area contributed by atoms with Crippen molar-refractivity contribution in [2.45, 2.75) is 13.8 Å². The van der Waals surface area contributed by atoms with Crippen molar-refractivity contribution in [2.24, 2.45) is 0 Å². The van der Waals surface area contributed by atoms with Gasteiger partial charge < -0.3 is 15.0 Å². The van der Waals surface area contributed by atoms with Crippen LogP contribution in [0.3, 0.4) is 0 Å². The third kappa shape index (κ3) is 5.73. The maximum atomic E-state index is 11.9. The normalized spacial score (nSPS) is 10.1. The van der Waals surface area contributed by atoms with Gasteiger partial charge in [-0.25, -0.2) is 0 Å². The molecule has 0 aliphatic carbocycles. The lowest BCUT2D eigenvalue weighted by Gasteiger charge is -2.22. The Kier molecular flexibility index (Phi) is 6.91. The molecule has 0 spiro atoms. The topological polar surface area (TPSA) is 75.7 Å². The summed E-state index contributed by atoms with van der Waals surface area (Å²) in [5.74, 6) is 0.117. The molecule has 0 heterocycles. The van der Waals surface area contributed by atoms with E-state index in [4.69, 9.17) is 4.74 Å². The van der Waals surface area contributed by atoms with Crippen molar-refractivity contribution in [1.82, 2.24) is 5.32 Å². The Hall–Kier alpha value is -3.15. The Bertz CT molecular complexity index is 774. The minimum atomic E-state index is -0.269. The van der Waals surface area contributed by atoms with E-state index >= 15 is 0 Å². The summed E-state index contributed by atoms with van der Waals surface area (Å²) < 4.78 is 5.37. The van der Waals surface area contributed by atoms with Gasteiger partial charge in [-0.1, -0.05) is 30.3 Å².